The van der Waals surface area contributed by atoms with Gasteiger partial charge in [0.15, 0.2) is 0 Å². The van der Waals surface area contributed by atoms with Crippen LogP contribution in [0.3, 0.4) is 0 Å². The summed E-state index contributed by atoms with van der Waals surface area (Å²) in [5.74, 6) is -1.08. The molecule has 5 heteroatoms. The van der Waals surface area contributed by atoms with Gasteiger partial charge >= 0.3 is 11.9 Å². The second kappa shape index (κ2) is 2.36. The van der Waals surface area contributed by atoms with Crippen LogP contribution in [0.15, 0.2) is 0 Å². The molecule has 0 saturated carbocycles. The molecule has 50 valence electrons. The molecule has 0 spiro atoms. The SMILES string of the molecule is O=C1CN(S)CC(=O)O1. The summed E-state index contributed by atoms with van der Waals surface area (Å²) in [6.45, 7) is 0.156. The van der Waals surface area contributed by atoms with Gasteiger partial charge in [-0.2, -0.15) is 0 Å². The van der Waals surface area contributed by atoms with Crippen molar-refractivity contribution in [3.63, 3.8) is 0 Å². The van der Waals surface area contributed by atoms with Crippen molar-refractivity contribution in [1.29, 1.82) is 0 Å². The number of hydrogen-bond donors (Lipinski definition) is 1. The maximum Gasteiger partial charge on any atom is 0.328 e. The number of carbonyl (C=O) groups excluding carboxylic acids is 2. The van der Waals surface area contributed by atoms with E-state index in [-0.39, 0.29) is 13.1 Å². The number of cyclic esters (lactones) is 2. The molecule has 0 aromatic heterocycles. The van der Waals surface area contributed by atoms with Gasteiger partial charge in [0.25, 0.3) is 0 Å². The van der Waals surface area contributed by atoms with Crippen LogP contribution in [0.4, 0.5) is 0 Å². The van der Waals surface area contributed by atoms with E-state index in [4.69, 9.17) is 0 Å². The summed E-state index contributed by atoms with van der Waals surface area (Å²) in [5.41, 5.74) is 0. The molecule has 1 aliphatic heterocycles. The summed E-state index contributed by atoms with van der Waals surface area (Å²) in [6, 6.07) is 0. The van der Waals surface area contributed by atoms with Gasteiger partial charge in [-0.15, -0.1) is 0 Å². The highest BCUT2D eigenvalue weighted by Crippen LogP contribution is 2.00. The molecule has 1 saturated heterocycles. The minimum atomic E-state index is -0.541. The van der Waals surface area contributed by atoms with Gasteiger partial charge in [-0.05, 0) is 0 Å². The van der Waals surface area contributed by atoms with Crippen LogP contribution in [0, 0.1) is 0 Å². The van der Waals surface area contributed by atoms with Crippen molar-refractivity contribution in [2.45, 2.75) is 0 Å². The van der Waals surface area contributed by atoms with E-state index in [0.29, 0.717) is 0 Å². The largest absolute Gasteiger partial charge is 0.391 e. The quantitative estimate of drug-likeness (QED) is 0.277. The molecule has 9 heavy (non-hydrogen) atoms. The third kappa shape index (κ3) is 1.69. The van der Waals surface area contributed by atoms with Crippen LogP contribution < -0.4 is 0 Å². The van der Waals surface area contributed by atoms with E-state index < -0.39 is 11.9 Å². The van der Waals surface area contributed by atoms with Crippen molar-refractivity contribution in [1.82, 2.24) is 4.31 Å². The molecule has 0 aromatic carbocycles. The zero-order chi connectivity index (χ0) is 6.85. The van der Waals surface area contributed by atoms with Gasteiger partial charge in [-0.25, -0.2) is 4.31 Å². The van der Waals surface area contributed by atoms with Crippen molar-refractivity contribution >= 4 is 24.8 Å². The van der Waals surface area contributed by atoms with E-state index in [2.05, 4.69) is 17.6 Å². The summed E-state index contributed by atoms with van der Waals surface area (Å²) in [6.07, 6.45) is 0. The lowest BCUT2D eigenvalue weighted by Gasteiger charge is -2.17. The van der Waals surface area contributed by atoms with Crippen molar-refractivity contribution in [3.8, 4) is 0 Å². The number of esters is 2. The molecule has 0 aromatic rings. The molecule has 0 bridgehead atoms. The predicted octanol–water partition coefficient (Wildman–Crippen LogP) is -0.783. The fourth-order valence-electron chi connectivity index (χ4n) is 0.545. The Kier molecular flexibility index (Phi) is 1.73. The molecule has 1 aliphatic rings. The summed E-state index contributed by atoms with van der Waals surface area (Å²) < 4.78 is 5.49. The van der Waals surface area contributed by atoms with Gasteiger partial charge in [0.05, 0.1) is 0 Å². The highest BCUT2D eigenvalue weighted by molar-refractivity contribution is 7.77. The summed E-state index contributed by atoms with van der Waals surface area (Å²) in [7, 11) is 0. The number of morpholine rings is 1. The normalized spacial score (nSPS) is 21.9. The smallest absolute Gasteiger partial charge is 0.328 e. The molecular weight excluding hydrogens is 142 g/mol. The van der Waals surface area contributed by atoms with Crippen LogP contribution in [-0.2, 0) is 14.3 Å². The van der Waals surface area contributed by atoms with Crippen molar-refractivity contribution in [2.75, 3.05) is 13.1 Å². The highest BCUT2D eigenvalue weighted by atomic mass is 32.1. The number of carbonyl (C=O) groups is 2. The predicted molar refractivity (Wildman–Crippen MR) is 31.7 cm³/mol. The standard InChI is InChI=1S/C4H5NO3S/c6-3-1-5(9)2-4(7)8-3/h9H,1-2H2. The lowest BCUT2D eigenvalue weighted by atomic mass is 10.5. The maximum absolute atomic E-state index is 10.4. The Balaban J connectivity index is 2.53. The molecular formula is C4H5NO3S. The van der Waals surface area contributed by atoms with E-state index in [9.17, 15) is 9.59 Å². The first-order chi connectivity index (χ1) is 4.18. The van der Waals surface area contributed by atoms with Gasteiger partial charge in [0, 0.05) is 0 Å². The molecule has 0 unspecified atom stereocenters. The summed E-state index contributed by atoms with van der Waals surface area (Å²) >= 11 is 3.79. The number of rotatable bonds is 0. The molecule has 0 N–H and O–H groups in total. The van der Waals surface area contributed by atoms with Gasteiger partial charge in [0.1, 0.15) is 13.1 Å². The molecule has 1 heterocycles. The van der Waals surface area contributed by atoms with E-state index in [1.165, 1.54) is 4.31 Å². The Bertz CT molecular complexity index is 142. The van der Waals surface area contributed by atoms with E-state index in [1.807, 2.05) is 0 Å². The van der Waals surface area contributed by atoms with E-state index in [1.54, 1.807) is 0 Å². The average molecular weight is 147 g/mol. The number of thiol groups is 1. The fraction of sp³-hybridized carbons (Fsp3) is 0.500. The van der Waals surface area contributed by atoms with Crippen LogP contribution in [0.1, 0.15) is 0 Å². The van der Waals surface area contributed by atoms with Crippen molar-refractivity contribution < 1.29 is 14.3 Å². The minimum absolute atomic E-state index is 0.0782. The molecule has 1 fully saturated rings. The van der Waals surface area contributed by atoms with E-state index in [0.717, 1.165) is 0 Å². The second-order valence-electron chi connectivity index (χ2n) is 1.67. The number of hydrogen-bond acceptors (Lipinski definition) is 5. The average Bonchev–Trinajstić information content (AvgIpc) is 1.59. The lowest BCUT2D eigenvalue weighted by molar-refractivity contribution is -0.163. The van der Waals surface area contributed by atoms with Crippen molar-refractivity contribution in [2.24, 2.45) is 0 Å². The fourth-order valence-corrected chi connectivity index (χ4v) is 0.776. The monoisotopic (exact) mass is 147 g/mol. The summed E-state index contributed by atoms with van der Waals surface area (Å²) in [5, 5.41) is 0. The Hall–Kier alpha value is -0.550. The van der Waals surface area contributed by atoms with Crippen LogP contribution in [0.5, 0.6) is 0 Å². The molecule has 0 amide bonds. The molecule has 1 rings (SSSR count). The third-order valence-corrected chi connectivity index (χ3v) is 1.13. The Morgan fingerprint density at radius 3 is 2.11 bits per heavy atom. The third-order valence-electron chi connectivity index (χ3n) is 0.851. The summed E-state index contributed by atoms with van der Waals surface area (Å²) in [4.78, 5) is 20.7. The van der Waals surface area contributed by atoms with Crippen molar-refractivity contribution in [3.05, 3.63) is 0 Å². The van der Waals surface area contributed by atoms with Crippen LogP contribution in [-0.4, -0.2) is 29.3 Å². The Morgan fingerprint density at radius 2 is 1.78 bits per heavy atom. The van der Waals surface area contributed by atoms with Crippen LogP contribution in [0.25, 0.3) is 0 Å². The van der Waals surface area contributed by atoms with Gasteiger partial charge in [-0.1, -0.05) is 12.8 Å². The maximum atomic E-state index is 10.4. The van der Waals surface area contributed by atoms with Gasteiger partial charge in [0.2, 0.25) is 0 Å². The topological polar surface area (TPSA) is 46.6 Å². The van der Waals surface area contributed by atoms with Crippen LogP contribution in [0.2, 0.25) is 0 Å². The van der Waals surface area contributed by atoms with Gasteiger partial charge in [-0.3, -0.25) is 9.59 Å². The van der Waals surface area contributed by atoms with E-state index >= 15 is 0 Å². The molecule has 4 nitrogen and oxygen atoms in total. The van der Waals surface area contributed by atoms with Crippen LogP contribution >= 0.6 is 12.8 Å². The first-order valence-electron chi connectivity index (χ1n) is 2.36. The first-order valence-corrected chi connectivity index (χ1v) is 2.76. The minimum Gasteiger partial charge on any atom is -0.391 e. The Morgan fingerprint density at radius 1 is 1.33 bits per heavy atom. The molecule has 0 atom stereocenters. The molecule has 0 radical (unpaired) electrons. The highest BCUT2D eigenvalue weighted by Gasteiger charge is 2.21. The zero-order valence-electron chi connectivity index (χ0n) is 4.53. The zero-order valence-corrected chi connectivity index (χ0v) is 5.43. The molecule has 0 aliphatic carbocycles. The number of nitrogens with zero attached hydrogens (tertiary/aromatic N) is 1. The lowest BCUT2D eigenvalue weighted by Crippen LogP contribution is -2.37. The number of ether oxygens (including phenoxy) is 1. The second-order valence-corrected chi connectivity index (χ2v) is 2.23. The van der Waals surface area contributed by atoms with Gasteiger partial charge < -0.3 is 4.74 Å². The Labute approximate surface area is 57.3 Å². The first kappa shape index (κ1) is 6.57.